The number of alkyl halides is 3. The quantitative estimate of drug-likeness (QED) is 0.486. The number of ether oxygens (including phenoxy) is 1. The van der Waals surface area contributed by atoms with Crippen molar-refractivity contribution in [1.82, 2.24) is 10.2 Å². The van der Waals surface area contributed by atoms with Gasteiger partial charge in [-0.3, -0.25) is 9.69 Å². The van der Waals surface area contributed by atoms with Gasteiger partial charge in [0.1, 0.15) is 5.75 Å². The van der Waals surface area contributed by atoms with E-state index in [1.54, 1.807) is 36.1 Å². The molecule has 1 N–H and O–H groups in total. The molecule has 1 fully saturated rings. The van der Waals surface area contributed by atoms with Crippen LogP contribution in [0.25, 0.3) is 0 Å². The molecule has 6 nitrogen and oxygen atoms in total. The summed E-state index contributed by atoms with van der Waals surface area (Å²) in [5.74, 6) is -0.0701. The molecule has 190 valence electrons. The van der Waals surface area contributed by atoms with Gasteiger partial charge in [-0.1, -0.05) is 36.4 Å². The maximum absolute atomic E-state index is 13.4. The van der Waals surface area contributed by atoms with Crippen LogP contribution in [0.1, 0.15) is 52.0 Å². The van der Waals surface area contributed by atoms with E-state index in [1.807, 2.05) is 18.2 Å². The number of halogens is 3. The molecule has 3 aromatic rings. The summed E-state index contributed by atoms with van der Waals surface area (Å²) in [6.07, 6.45) is -3.42. The second-order valence-electron chi connectivity index (χ2n) is 9.86. The summed E-state index contributed by atoms with van der Waals surface area (Å²) in [7, 11) is 0. The molecule has 3 heterocycles. The van der Waals surface area contributed by atoms with E-state index in [2.05, 4.69) is 11.4 Å². The topological polar surface area (TPSA) is 61.9 Å². The van der Waals surface area contributed by atoms with Crippen LogP contribution in [-0.2, 0) is 19.1 Å². The lowest BCUT2D eigenvalue weighted by Gasteiger charge is -2.50. The van der Waals surface area contributed by atoms with Gasteiger partial charge in [-0.2, -0.15) is 13.2 Å². The summed E-state index contributed by atoms with van der Waals surface area (Å²) < 4.78 is 46.1. The maximum Gasteiger partial charge on any atom is 0.416 e. The number of fused-ring (bicyclic) bond motifs is 5. The number of anilines is 1. The largest absolute Gasteiger partial charge is 0.467 e. The Morgan fingerprint density at radius 1 is 1.05 bits per heavy atom. The SMILES string of the molecule is CC12CC(NC(=O)N1c1cccc(C(=O)N3CCc4ccccc4C3)c1)c1ccc(C(F)(F)F)cc1O2. The molecule has 2 atom stereocenters. The highest BCUT2D eigenvalue weighted by atomic mass is 19.4. The average Bonchev–Trinajstić information content (AvgIpc) is 2.86. The third kappa shape index (κ3) is 3.98. The van der Waals surface area contributed by atoms with Crippen molar-refractivity contribution in [3.05, 3.63) is 94.5 Å². The fourth-order valence-corrected chi connectivity index (χ4v) is 5.57. The highest BCUT2D eigenvalue weighted by molar-refractivity contribution is 5.99. The van der Waals surface area contributed by atoms with Crippen LogP contribution >= 0.6 is 0 Å². The van der Waals surface area contributed by atoms with Gasteiger partial charge in [-0.25, -0.2) is 4.79 Å². The predicted octanol–water partition coefficient (Wildman–Crippen LogP) is 5.67. The zero-order valence-electron chi connectivity index (χ0n) is 20.0. The third-order valence-corrected chi connectivity index (χ3v) is 7.37. The number of nitrogens with one attached hydrogen (secondary N) is 1. The molecule has 3 aromatic carbocycles. The number of hydrogen-bond donors (Lipinski definition) is 1. The first-order valence-electron chi connectivity index (χ1n) is 12.1. The first kappa shape index (κ1) is 23.4. The van der Waals surface area contributed by atoms with E-state index in [0.29, 0.717) is 36.3 Å². The monoisotopic (exact) mass is 507 g/mol. The second kappa shape index (κ2) is 8.26. The molecule has 0 aliphatic carbocycles. The van der Waals surface area contributed by atoms with Gasteiger partial charge in [0.15, 0.2) is 5.72 Å². The van der Waals surface area contributed by atoms with Crippen molar-refractivity contribution in [2.75, 3.05) is 11.4 Å². The van der Waals surface area contributed by atoms with Gasteiger partial charge in [0.2, 0.25) is 0 Å². The summed E-state index contributed by atoms with van der Waals surface area (Å²) >= 11 is 0. The van der Waals surface area contributed by atoms with E-state index in [0.717, 1.165) is 24.1 Å². The molecule has 2 unspecified atom stereocenters. The fourth-order valence-electron chi connectivity index (χ4n) is 5.57. The zero-order chi connectivity index (χ0) is 25.9. The Balaban J connectivity index is 1.30. The molecule has 3 amide bonds. The van der Waals surface area contributed by atoms with Crippen LogP contribution in [0, 0.1) is 0 Å². The Hall–Kier alpha value is -4.01. The zero-order valence-corrected chi connectivity index (χ0v) is 20.0. The molecule has 0 spiro atoms. The van der Waals surface area contributed by atoms with Gasteiger partial charge in [0.05, 0.1) is 17.3 Å². The van der Waals surface area contributed by atoms with Crippen molar-refractivity contribution in [2.24, 2.45) is 0 Å². The fraction of sp³-hybridized carbons (Fsp3) is 0.286. The van der Waals surface area contributed by atoms with Crippen LogP contribution < -0.4 is 15.0 Å². The van der Waals surface area contributed by atoms with Gasteiger partial charge in [-0.15, -0.1) is 0 Å². The number of hydrogen-bond acceptors (Lipinski definition) is 3. The van der Waals surface area contributed by atoms with Crippen molar-refractivity contribution < 1.29 is 27.5 Å². The highest BCUT2D eigenvalue weighted by Crippen LogP contribution is 2.47. The molecular formula is C28H24F3N3O3. The number of amides is 3. The van der Waals surface area contributed by atoms with Crippen LogP contribution in [0.3, 0.4) is 0 Å². The van der Waals surface area contributed by atoms with Crippen molar-refractivity contribution in [3.63, 3.8) is 0 Å². The summed E-state index contributed by atoms with van der Waals surface area (Å²) in [5, 5.41) is 2.89. The van der Waals surface area contributed by atoms with E-state index in [4.69, 9.17) is 4.74 Å². The summed E-state index contributed by atoms with van der Waals surface area (Å²) in [5.41, 5.74) is 1.64. The van der Waals surface area contributed by atoms with Crippen LogP contribution in [0.5, 0.6) is 5.75 Å². The lowest BCUT2D eigenvalue weighted by molar-refractivity contribution is -0.137. The second-order valence-corrected chi connectivity index (χ2v) is 9.86. The van der Waals surface area contributed by atoms with Crippen LogP contribution in [0.15, 0.2) is 66.7 Å². The van der Waals surface area contributed by atoms with Crippen molar-refractivity contribution in [2.45, 2.75) is 44.3 Å². The Bertz CT molecular complexity index is 1420. The minimum absolute atomic E-state index is 0.0813. The predicted molar refractivity (Wildman–Crippen MR) is 130 cm³/mol. The molecule has 37 heavy (non-hydrogen) atoms. The Labute approximate surface area is 211 Å². The first-order valence-corrected chi connectivity index (χ1v) is 12.1. The molecule has 1 saturated heterocycles. The molecular weight excluding hydrogens is 483 g/mol. The summed E-state index contributed by atoms with van der Waals surface area (Å²) in [6.45, 7) is 2.77. The van der Waals surface area contributed by atoms with E-state index in [-0.39, 0.29) is 11.7 Å². The minimum Gasteiger partial charge on any atom is -0.467 e. The average molecular weight is 508 g/mol. The molecule has 3 aliphatic heterocycles. The summed E-state index contributed by atoms with van der Waals surface area (Å²) in [6, 6.07) is 17.2. The number of benzene rings is 3. The third-order valence-electron chi connectivity index (χ3n) is 7.37. The van der Waals surface area contributed by atoms with Crippen LogP contribution in [0.4, 0.5) is 23.7 Å². The number of carbonyl (C=O) groups excluding carboxylic acids is 2. The van der Waals surface area contributed by atoms with Gasteiger partial charge in [0.25, 0.3) is 5.91 Å². The van der Waals surface area contributed by atoms with Crippen LogP contribution in [-0.4, -0.2) is 29.1 Å². The lowest BCUT2D eigenvalue weighted by atomic mass is 9.89. The maximum atomic E-state index is 13.4. The standard InChI is InChI=1S/C28H24F3N3O3/c1-27-15-23(22-10-9-20(28(29,30)31)14-24(22)37-27)32-26(36)34(27)21-8-4-7-18(13-21)25(35)33-12-11-17-5-2-3-6-19(17)16-33/h2-10,13-14,23H,11-12,15-16H2,1H3,(H,32,36). The van der Waals surface area contributed by atoms with Gasteiger partial charge in [0, 0.05) is 30.6 Å². The number of rotatable bonds is 2. The molecule has 9 heteroatoms. The van der Waals surface area contributed by atoms with E-state index >= 15 is 0 Å². The van der Waals surface area contributed by atoms with Crippen molar-refractivity contribution in [1.29, 1.82) is 0 Å². The van der Waals surface area contributed by atoms with Crippen molar-refractivity contribution in [3.8, 4) is 5.75 Å². The number of carbonyl (C=O) groups is 2. The minimum atomic E-state index is -4.52. The van der Waals surface area contributed by atoms with E-state index in [1.165, 1.54) is 16.5 Å². The molecule has 0 saturated carbocycles. The van der Waals surface area contributed by atoms with Gasteiger partial charge < -0.3 is 15.0 Å². The first-order chi connectivity index (χ1) is 17.6. The lowest BCUT2D eigenvalue weighted by Crippen LogP contribution is -2.65. The number of nitrogens with zero attached hydrogens (tertiary/aromatic N) is 2. The molecule has 2 bridgehead atoms. The molecule has 0 radical (unpaired) electrons. The Morgan fingerprint density at radius 2 is 1.84 bits per heavy atom. The summed E-state index contributed by atoms with van der Waals surface area (Å²) in [4.78, 5) is 29.8. The Morgan fingerprint density at radius 3 is 2.62 bits per heavy atom. The van der Waals surface area contributed by atoms with E-state index in [9.17, 15) is 22.8 Å². The smallest absolute Gasteiger partial charge is 0.416 e. The number of urea groups is 1. The molecule has 3 aliphatic rings. The van der Waals surface area contributed by atoms with E-state index < -0.39 is 29.5 Å². The van der Waals surface area contributed by atoms with Crippen molar-refractivity contribution >= 4 is 17.6 Å². The van der Waals surface area contributed by atoms with Crippen LogP contribution in [0.2, 0.25) is 0 Å². The molecule has 0 aromatic heterocycles. The Kier molecular flexibility index (Phi) is 5.22. The highest BCUT2D eigenvalue weighted by Gasteiger charge is 2.50. The molecule has 6 rings (SSSR count). The van der Waals surface area contributed by atoms with Gasteiger partial charge in [-0.05, 0) is 54.8 Å². The normalized spacial score (nSPS) is 22.5. The van der Waals surface area contributed by atoms with Gasteiger partial charge >= 0.3 is 12.2 Å².